The maximum absolute atomic E-state index is 5.89. The van der Waals surface area contributed by atoms with Gasteiger partial charge in [0, 0.05) is 12.1 Å². The van der Waals surface area contributed by atoms with Gasteiger partial charge in [0.25, 0.3) is 0 Å². The molecule has 0 rings (SSSR count). The van der Waals surface area contributed by atoms with Gasteiger partial charge in [-0.2, -0.15) is 0 Å². The Bertz CT molecular complexity index is 79.3. The minimum atomic E-state index is -0.0187. The van der Waals surface area contributed by atoms with Crippen LogP contribution in [-0.4, -0.2) is 18.6 Å². The van der Waals surface area contributed by atoms with Crippen molar-refractivity contribution in [1.29, 1.82) is 0 Å². The van der Waals surface area contributed by atoms with E-state index in [0.29, 0.717) is 0 Å². The molecule has 1 unspecified atom stereocenters. The fourth-order valence-electron chi connectivity index (χ4n) is 0.676. The van der Waals surface area contributed by atoms with Crippen molar-refractivity contribution in [2.75, 3.05) is 13.1 Å². The standard InChI is InChI=1S/C8H20N2/c1-4-6-10-7-8(3,9)5-2/h10H,4-7,9H2,1-3H3. The predicted molar refractivity (Wildman–Crippen MR) is 46.0 cm³/mol. The molecule has 0 saturated carbocycles. The van der Waals surface area contributed by atoms with E-state index < -0.39 is 0 Å². The van der Waals surface area contributed by atoms with E-state index in [4.69, 9.17) is 5.73 Å². The first-order chi connectivity index (χ1) is 4.62. The fourth-order valence-corrected chi connectivity index (χ4v) is 0.676. The molecule has 0 saturated heterocycles. The number of rotatable bonds is 5. The van der Waals surface area contributed by atoms with Crippen LogP contribution in [0, 0.1) is 0 Å². The molecule has 0 amide bonds. The molecular formula is C8H20N2. The van der Waals surface area contributed by atoms with Crippen LogP contribution in [0.3, 0.4) is 0 Å². The minimum Gasteiger partial charge on any atom is -0.324 e. The molecule has 0 radical (unpaired) electrons. The predicted octanol–water partition coefficient (Wildman–Crippen LogP) is 1.11. The van der Waals surface area contributed by atoms with Crippen LogP contribution in [0.5, 0.6) is 0 Å². The van der Waals surface area contributed by atoms with Gasteiger partial charge in [-0.15, -0.1) is 0 Å². The highest BCUT2D eigenvalue weighted by molar-refractivity contribution is 4.78. The van der Waals surface area contributed by atoms with Gasteiger partial charge in [0.1, 0.15) is 0 Å². The summed E-state index contributed by atoms with van der Waals surface area (Å²) in [7, 11) is 0. The Kier molecular flexibility index (Phi) is 4.65. The third kappa shape index (κ3) is 4.77. The number of hydrogen-bond acceptors (Lipinski definition) is 2. The maximum Gasteiger partial charge on any atom is 0.0249 e. The largest absolute Gasteiger partial charge is 0.324 e. The van der Waals surface area contributed by atoms with Crippen LogP contribution in [0.4, 0.5) is 0 Å². The van der Waals surface area contributed by atoms with E-state index in [1.165, 1.54) is 6.42 Å². The van der Waals surface area contributed by atoms with Gasteiger partial charge in [-0.05, 0) is 26.3 Å². The van der Waals surface area contributed by atoms with Gasteiger partial charge < -0.3 is 11.1 Å². The molecule has 0 aromatic carbocycles. The lowest BCUT2D eigenvalue weighted by Crippen LogP contribution is -2.45. The second kappa shape index (κ2) is 4.69. The molecule has 62 valence electrons. The van der Waals surface area contributed by atoms with Crippen LogP contribution < -0.4 is 11.1 Å². The van der Waals surface area contributed by atoms with Gasteiger partial charge in [0.2, 0.25) is 0 Å². The zero-order chi connectivity index (χ0) is 8.04. The van der Waals surface area contributed by atoms with Crippen LogP contribution in [0.25, 0.3) is 0 Å². The third-order valence-corrected chi connectivity index (χ3v) is 1.76. The van der Waals surface area contributed by atoms with Crippen LogP contribution in [-0.2, 0) is 0 Å². The van der Waals surface area contributed by atoms with E-state index in [-0.39, 0.29) is 5.54 Å². The highest BCUT2D eigenvalue weighted by Crippen LogP contribution is 2.01. The van der Waals surface area contributed by atoms with Crippen molar-refractivity contribution in [3.63, 3.8) is 0 Å². The van der Waals surface area contributed by atoms with Gasteiger partial charge in [0.05, 0.1) is 0 Å². The monoisotopic (exact) mass is 144 g/mol. The Morgan fingerprint density at radius 2 is 2.00 bits per heavy atom. The van der Waals surface area contributed by atoms with Crippen LogP contribution in [0.15, 0.2) is 0 Å². The van der Waals surface area contributed by atoms with Crippen molar-refractivity contribution in [1.82, 2.24) is 5.32 Å². The second-order valence-corrected chi connectivity index (χ2v) is 3.18. The average molecular weight is 144 g/mol. The minimum absolute atomic E-state index is 0.0187. The molecule has 0 aliphatic carbocycles. The van der Waals surface area contributed by atoms with Gasteiger partial charge in [0.15, 0.2) is 0 Å². The lowest BCUT2D eigenvalue weighted by atomic mass is 10.0. The first-order valence-electron chi connectivity index (χ1n) is 4.12. The quantitative estimate of drug-likeness (QED) is 0.567. The molecule has 0 aromatic heterocycles. The Balaban J connectivity index is 3.28. The molecular weight excluding hydrogens is 124 g/mol. The molecule has 0 fully saturated rings. The summed E-state index contributed by atoms with van der Waals surface area (Å²) < 4.78 is 0. The lowest BCUT2D eigenvalue weighted by Gasteiger charge is -2.22. The van der Waals surface area contributed by atoms with E-state index in [1.807, 2.05) is 0 Å². The number of nitrogens with two attached hydrogens (primary N) is 1. The summed E-state index contributed by atoms with van der Waals surface area (Å²) >= 11 is 0. The highest BCUT2D eigenvalue weighted by Gasteiger charge is 2.13. The van der Waals surface area contributed by atoms with Crippen molar-refractivity contribution in [3.8, 4) is 0 Å². The topological polar surface area (TPSA) is 38.0 Å². The molecule has 0 heterocycles. The smallest absolute Gasteiger partial charge is 0.0249 e. The van der Waals surface area contributed by atoms with Crippen LogP contribution in [0.1, 0.15) is 33.6 Å². The molecule has 0 spiro atoms. The first-order valence-corrected chi connectivity index (χ1v) is 4.12. The molecule has 2 nitrogen and oxygen atoms in total. The molecule has 0 bridgehead atoms. The van der Waals surface area contributed by atoms with Gasteiger partial charge in [-0.1, -0.05) is 13.8 Å². The summed E-state index contributed by atoms with van der Waals surface area (Å²) in [6, 6.07) is 0. The second-order valence-electron chi connectivity index (χ2n) is 3.18. The molecule has 2 heteroatoms. The van der Waals surface area contributed by atoms with E-state index >= 15 is 0 Å². The third-order valence-electron chi connectivity index (χ3n) is 1.76. The van der Waals surface area contributed by atoms with Crippen LogP contribution in [0.2, 0.25) is 0 Å². The van der Waals surface area contributed by atoms with Gasteiger partial charge in [-0.3, -0.25) is 0 Å². The summed E-state index contributed by atoms with van der Waals surface area (Å²) in [6.45, 7) is 8.36. The summed E-state index contributed by atoms with van der Waals surface area (Å²) in [4.78, 5) is 0. The Hall–Kier alpha value is -0.0800. The summed E-state index contributed by atoms with van der Waals surface area (Å²) in [6.07, 6.45) is 2.21. The van der Waals surface area contributed by atoms with E-state index in [2.05, 4.69) is 26.1 Å². The molecule has 1 atom stereocenters. The normalized spacial score (nSPS) is 16.8. The number of hydrogen-bond donors (Lipinski definition) is 2. The van der Waals surface area contributed by atoms with Gasteiger partial charge >= 0.3 is 0 Å². The fraction of sp³-hybridized carbons (Fsp3) is 1.00. The van der Waals surface area contributed by atoms with Crippen molar-refractivity contribution in [2.24, 2.45) is 5.73 Å². The van der Waals surface area contributed by atoms with Crippen molar-refractivity contribution >= 4 is 0 Å². The zero-order valence-corrected chi connectivity index (χ0v) is 7.41. The lowest BCUT2D eigenvalue weighted by molar-refractivity contribution is 0.417. The van der Waals surface area contributed by atoms with E-state index in [9.17, 15) is 0 Å². The molecule has 0 aliphatic heterocycles. The molecule has 0 aliphatic rings. The summed E-state index contributed by atoms with van der Waals surface area (Å²) in [5, 5.41) is 3.30. The molecule has 0 aromatic rings. The van der Waals surface area contributed by atoms with Crippen molar-refractivity contribution in [3.05, 3.63) is 0 Å². The Morgan fingerprint density at radius 1 is 1.40 bits per heavy atom. The Morgan fingerprint density at radius 3 is 2.40 bits per heavy atom. The number of nitrogens with one attached hydrogen (secondary N) is 1. The van der Waals surface area contributed by atoms with Crippen molar-refractivity contribution in [2.45, 2.75) is 39.2 Å². The molecule has 10 heavy (non-hydrogen) atoms. The van der Waals surface area contributed by atoms with Crippen molar-refractivity contribution < 1.29 is 0 Å². The Labute approximate surface area is 64.2 Å². The van der Waals surface area contributed by atoms with Gasteiger partial charge in [-0.25, -0.2) is 0 Å². The SMILES string of the molecule is CCCNCC(C)(N)CC. The first kappa shape index (κ1) is 9.92. The highest BCUT2D eigenvalue weighted by atomic mass is 14.9. The van der Waals surface area contributed by atoms with Crippen LogP contribution >= 0.6 is 0 Å². The van der Waals surface area contributed by atoms with E-state index in [0.717, 1.165) is 19.5 Å². The van der Waals surface area contributed by atoms with E-state index in [1.54, 1.807) is 0 Å². The summed E-state index contributed by atoms with van der Waals surface area (Å²) in [5.74, 6) is 0. The average Bonchev–Trinajstić information content (AvgIpc) is 1.89. The maximum atomic E-state index is 5.89. The summed E-state index contributed by atoms with van der Waals surface area (Å²) in [5.41, 5.74) is 5.88. The molecule has 3 N–H and O–H groups in total. The zero-order valence-electron chi connectivity index (χ0n) is 7.41.